The number of ether oxygens (including phenoxy) is 1. The maximum atomic E-state index is 12.5. The van der Waals surface area contributed by atoms with Crippen LogP contribution in [0.5, 0.6) is 5.75 Å². The highest BCUT2D eigenvalue weighted by Gasteiger charge is 2.34. The molecular formula is C20H19ClF2N2O3. The van der Waals surface area contributed by atoms with Gasteiger partial charge in [-0.1, -0.05) is 41.4 Å². The molecule has 1 fully saturated rings. The standard InChI is InChI=1S/C20H19ClF2N2O3/c1-12-2-4-13(5-3-12)10-25-11-14(8-18(25)26)19(27)24-15-6-7-17(16(21)9-15)28-20(22)23/h2-7,9,14,20H,8,10-11H2,1H3,(H,24,27)/t14-/m0/s1. The van der Waals surface area contributed by atoms with E-state index in [-0.39, 0.29) is 29.0 Å². The van der Waals surface area contributed by atoms with Gasteiger partial charge in [-0.2, -0.15) is 8.78 Å². The lowest BCUT2D eigenvalue weighted by molar-refractivity contribution is -0.128. The Kier molecular flexibility index (Phi) is 6.14. The van der Waals surface area contributed by atoms with E-state index in [0.717, 1.165) is 11.1 Å². The van der Waals surface area contributed by atoms with Crippen molar-refractivity contribution in [2.24, 2.45) is 5.92 Å². The monoisotopic (exact) mass is 408 g/mol. The molecule has 0 bridgehead atoms. The Morgan fingerprint density at radius 2 is 2.00 bits per heavy atom. The molecule has 0 unspecified atom stereocenters. The number of hydrogen-bond donors (Lipinski definition) is 1. The minimum Gasteiger partial charge on any atom is -0.433 e. The van der Waals surface area contributed by atoms with Crippen LogP contribution >= 0.6 is 11.6 Å². The number of hydrogen-bond acceptors (Lipinski definition) is 3. The fourth-order valence-electron chi connectivity index (χ4n) is 3.03. The Morgan fingerprint density at radius 3 is 2.64 bits per heavy atom. The molecule has 5 nitrogen and oxygen atoms in total. The van der Waals surface area contributed by atoms with Gasteiger partial charge < -0.3 is 15.0 Å². The lowest BCUT2D eigenvalue weighted by Crippen LogP contribution is -2.28. The second kappa shape index (κ2) is 8.56. The van der Waals surface area contributed by atoms with Crippen molar-refractivity contribution in [2.75, 3.05) is 11.9 Å². The van der Waals surface area contributed by atoms with Crippen molar-refractivity contribution >= 4 is 29.1 Å². The van der Waals surface area contributed by atoms with E-state index >= 15 is 0 Å². The summed E-state index contributed by atoms with van der Waals surface area (Å²) in [7, 11) is 0. The average molecular weight is 409 g/mol. The lowest BCUT2D eigenvalue weighted by atomic mass is 10.1. The number of nitrogens with zero attached hydrogens (tertiary/aromatic N) is 1. The molecule has 0 spiro atoms. The van der Waals surface area contributed by atoms with Crippen LogP contribution in [0.15, 0.2) is 42.5 Å². The first-order valence-electron chi connectivity index (χ1n) is 8.70. The largest absolute Gasteiger partial charge is 0.433 e. The predicted molar refractivity (Wildman–Crippen MR) is 101 cm³/mol. The summed E-state index contributed by atoms with van der Waals surface area (Å²) in [6.45, 7) is -0.224. The SMILES string of the molecule is Cc1ccc(CN2C[C@@H](C(=O)Nc3ccc(OC(F)F)c(Cl)c3)CC2=O)cc1. The van der Waals surface area contributed by atoms with Gasteiger partial charge in [0, 0.05) is 25.2 Å². The van der Waals surface area contributed by atoms with Crippen LogP contribution in [0.3, 0.4) is 0 Å². The maximum absolute atomic E-state index is 12.5. The van der Waals surface area contributed by atoms with E-state index in [4.69, 9.17) is 11.6 Å². The fourth-order valence-corrected chi connectivity index (χ4v) is 3.25. The second-order valence-electron chi connectivity index (χ2n) is 6.67. The molecule has 2 aromatic rings. The summed E-state index contributed by atoms with van der Waals surface area (Å²) in [4.78, 5) is 26.4. The van der Waals surface area contributed by atoms with Crippen LogP contribution in [-0.4, -0.2) is 29.9 Å². The summed E-state index contributed by atoms with van der Waals surface area (Å²) in [5, 5.41) is 2.63. The molecule has 1 heterocycles. The van der Waals surface area contributed by atoms with Crippen LogP contribution in [0.1, 0.15) is 17.5 Å². The molecular weight excluding hydrogens is 390 g/mol. The third-order valence-electron chi connectivity index (χ3n) is 4.49. The van der Waals surface area contributed by atoms with Crippen molar-refractivity contribution in [1.29, 1.82) is 0 Å². The Hall–Kier alpha value is -2.67. The second-order valence-corrected chi connectivity index (χ2v) is 7.08. The van der Waals surface area contributed by atoms with Gasteiger partial charge in [0.25, 0.3) is 0 Å². The third-order valence-corrected chi connectivity index (χ3v) is 4.79. The number of halogens is 3. The zero-order valence-corrected chi connectivity index (χ0v) is 15.9. The fraction of sp³-hybridized carbons (Fsp3) is 0.300. The van der Waals surface area contributed by atoms with Crippen molar-refractivity contribution in [3.8, 4) is 5.75 Å². The highest BCUT2D eigenvalue weighted by atomic mass is 35.5. The van der Waals surface area contributed by atoms with E-state index in [1.807, 2.05) is 31.2 Å². The lowest BCUT2D eigenvalue weighted by Gasteiger charge is -2.17. The minimum atomic E-state index is -2.98. The normalized spacial score (nSPS) is 16.5. The van der Waals surface area contributed by atoms with E-state index in [0.29, 0.717) is 18.8 Å². The molecule has 0 radical (unpaired) electrons. The number of alkyl halides is 2. The highest BCUT2D eigenvalue weighted by molar-refractivity contribution is 6.32. The van der Waals surface area contributed by atoms with Crippen molar-refractivity contribution in [3.63, 3.8) is 0 Å². The molecule has 2 aromatic carbocycles. The first kappa shape index (κ1) is 20.1. The summed E-state index contributed by atoms with van der Waals surface area (Å²) in [5.41, 5.74) is 2.49. The summed E-state index contributed by atoms with van der Waals surface area (Å²) >= 11 is 5.89. The van der Waals surface area contributed by atoms with Crippen LogP contribution in [0.25, 0.3) is 0 Å². The van der Waals surface area contributed by atoms with Gasteiger partial charge in [0.1, 0.15) is 5.75 Å². The summed E-state index contributed by atoms with van der Waals surface area (Å²) in [5.74, 6) is -1.07. The number of benzene rings is 2. The third kappa shape index (κ3) is 4.98. The van der Waals surface area contributed by atoms with Gasteiger partial charge >= 0.3 is 6.61 Å². The molecule has 3 rings (SSSR count). The summed E-state index contributed by atoms with van der Waals surface area (Å²) < 4.78 is 28.8. The van der Waals surface area contributed by atoms with E-state index in [2.05, 4.69) is 10.1 Å². The van der Waals surface area contributed by atoms with Crippen LogP contribution in [0.4, 0.5) is 14.5 Å². The Balaban J connectivity index is 1.60. The van der Waals surface area contributed by atoms with Gasteiger partial charge in [0.2, 0.25) is 11.8 Å². The number of rotatable bonds is 6. The van der Waals surface area contributed by atoms with Crippen LogP contribution < -0.4 is 10.1 Å². The number of nitrogens with one attached hydrogen (secondary N) is 1. The number of carbonyl (C=O) groups excluding carboxylic acids is 2. The maximum Gasteiger partial charge on any atom is 0.387 e. The molecule has 1 saturated heterocycles. The number of likely N-dealkylation sites (tertiary alicyclic amines) is 1. The topological polar surface area (TPSA) is 58.6 Å². The summed E-state index contributed by atoms with van der Waals surface area (Å²) in [6.07, 6.45) is 0.123. The van der Waals surface area contributed by atoms with Crippen molar-refractivity contribution in [2.45, 2.75) is 26.5 Å². The van der Waals surface area contributed by atoms with E-state index in [1.165, 1.54) is 18.2 Å². The first-order valence-corrected chi connectivity index (χ1v) is 9.08. The molecule has 0 aromatic heterocycles. The molecule has 1 atom stereocenters. The van der Waals surface area contributed by atoms with Gasteiger partial charge in [-0.25, -0.2) is 0 Å². The molecule has 2 amide bonds. The molecule has 0 aliphatic carbocycles. The molecule has 28 heavy (non-hydrogen) atoms. The zero-order valence-electron chi connectivity index (χ0n) is 15.1. The highest BCUT2D eigenvalue weighted by Crippen LogP contribution is 2.30. The van der Waals surface area contributed by atoms with Gasteiger partial charge in [-0.15, -0.1) is 0 Å². The first-order chi connectivity index (χ1) is 13.3. The van der Waals surface area contributed by atoms with Crippen LogP contribution in [0, 0.1) is 12.8 Å². The average Bonchev–Trinajstić information content (AvgIpc) is 3.00. The van der Waals surface area contributed by atoms with Crippen LogP contribution in [0.2, 0.25) is 5.02 Å². The minimum absolute atomic E-state index is 0.0402. The molecule has 148 valence electrons. The Bertz CT molecular complexity index is 874. The van der Waals surface area contributed by atoms with Crippen molar-refractivity contribution in [3.05, 3.63) is 58.6 Å². The number of carbonyl (C=O) groups is 2. The van der Waals surface area contributed by atoms with Crippen molar-refractivity contribution in [1.82, 2.24) is 4.90 Å². The molecule has 1 aliphatic rings. The van der Waals surface area contributed by atoms with Gasteiger partial charge in [-0.05, 0) is 30.7 Å². The van der Waals surface area contributed by atoms with E-state index < -0.39 is 12.5 Å². The number of anilines is 1. The molecule has 1 aliphatic heterocycles. The smallest absolute Gasteiger partial charge is 0.387 e. The van der Waals surface area contributed by atoms with Crippen molar-refractivity contribution < 1.29 is 23.1 Å². The molecule has 0 saturated carbocycles. The molecule has 8 heteroatoms. The van der Waals surface area contributed by atoms with Gasteiger partial charge in [0.15, 0.2) is 0 Å². The van der Waals surface area contributed by atoms with Crippen LogP contribution in [-0.2, 0) is 16.1 Å². The Labute approximate surface area is 166 Å². The van der Waals surface area contributed by atoms with E-state index in [9.17, 15) is 18.4 Å². The van der Waals surface area contributed by atoms with Gasteiger partial charge in [0.05, 0.1) is 10.9 Å². The summed E-state index contributed by atoms with van der Waals surface area (Å²) in [6, 6.07) is 11.9. The quantitative estimate of drug-likeness (QED) is 0.777. The van der Waals surface area contributed by atoms with E-state index in [1.54, 1.807) is 4.90 Å². The van der Waals surface area contributed by atoms with Gasteiger partial charge in [-0.3, -0.25) is 9.59 Å². The zero-order chi connectivity index (χ0) is 20.3. The predicted octanol–water partition coefficient (Wildman–Crippen LogP) is 4.24. The number of aryl methyl sites for hydroxylation is 1. The molecule has 1 N–H and O–H groups in total. The Morgan fingerprint density at radius 1 is 1.29 bits per heavy atom. The number of amides is 2.